The van der Waals surface area contributed by atoms with E-state index in [1.54, 1.807) is 7.11 Å². The predicted molar refractivity (Wildman–Crippen MR) is 122 cm³/mol. The van der Waals surface area contributed by atoms with Gasteiger partial charge in [0.1, 0.15) is 5.75 Å². The van der Waals surface area contributed by atoms with Gasteiger partial charge in [-0.25, -0.2) is 4.39 Å². The van der Waals surface area contributed by atoms with Gasteiger partial charge in [0.05, 0.1) is 13.2 Å². The second kappa shape index (κ2) is 12.2. The lowest BCUT2D eigenvalue weighted by Gasteiger charge is -2.23. The average Bonchev–Trinajstić information content (AvgIpc) is 2.79. The number of nitrogens with two attached hydrogens (primary N) is 1. The number of halogens is 1. The summed E-state index contributed by atoms with van der Waals surface area (Å²) in [6.45, 7) is 1.39. The lowest BCUT2D eigenvalue weighted by Crippen LogP contribution is -2.39. The van der Waals surface area contributed by atoms with Crippen molar-refractivity contribution in [3.8, 4) is 5.75 Å². The number of benzene rings is 2. The van der Waals surface area contributed by atoms with Gasteiger partial charge in [0.25, 0.3) is 5.91 Å². The van der Waals surface area contributed by atoms with Crippen molar-refractivity contribution in [1.82, 2.24) is 5.32 Å². The Morgan fingerprint density at radius 3 is 2.47 bits per heavy atom. The largest absolute Gasteiger partial charge is 0.497 e. The van der Waals surface area contributed by atoms with Gasteiger partial charge in [-0.3, -0.25) is 9.59 Å². The van der Waals surface area contributed by atoms with Crippen molar-refractivity contribution in [1.29, 1.82) is 0 Å². The maximum atomic E-state index is 14.4. The Labute approximate surface area is 189 Å². The zero-order valence-electron chi connectivity index (χ0n) is 18.7. The standard InChI is InChI=1S/C25H33FN2O4/c1-25(26,24(27)31)14-13-20(16-21(29)12-11-18-7-4-3-5-8-18)23(30)28-17-19-9-6-10-22(15-19)32-2/h3-10,15,20-21,29H,11-14,16-17H2,1-2H3,(H2,27,31)(H,28,30)/t20-,21+,25?/m1/s1. The first kappa shape index (κ1) is 25.3. The minimum atomic E-state index is -2.21. The molecule has 0 saturated carbocycles. The summed E-state index contributed by atoms with van der Waals surface area (Å²) in [6, 6.07) is 17.1. The first-order chi connectivity index (χ1) is 15.2. The molecule has 0 aromatic heterocycles. The predicted octanol–water partition coefficient (Wildman–Crippen LogP) is 3.31. The molecule has 174 valence electrons. The van der Waals surface area contributed by atoms with E-state index in [9.17, 15) is 19.1 Å². The van der Waals surface area contributed by atoms with E-state index >= 15 is 0 Å². The number of carbonyl (C=O) groups is 2. The van der Waals surface area contributed by atoms with E-state index in [1.165, 1.54) is 0 Å². The van der Waals surface area contributed by atoms with Gasteiger partial charge in [-0.05, 0) is 62.3 Å². The van der Waals surface area contributed by atoms with Crippen LogP contribution < -0.4 is 15.8 Å². The molecule has 0 radical (unpaired) electrons. The molecular formula is C25H33FN2O4. The molecular weight excluding hydrogens is 411 g/mol. The third-order valence-corrected chi connectivity index (χ3v) is 5.61. The molecule has 2 aromatic rings. The van der Waals surface area contributed by atoms with Crippen LogP contribution in [0.2, 0.25) is 0 Å². The number of nitrogens with one attached hydrogen (secondary N) is 1. The number of aliphatic hydroxyl groups excluding tert-OH is 1. The van der Waals surface area contributed by atoms with Gasteiger partial charge < -0.3 is 20.9 Å². The third kappa shape index (κ3) is 8.30. The highest BCUT2D eigenvalue weighted by Crippen LogP contribution is 2.25. The van der Waals surface area contributed by atoms with Gasteiger partial charge in [0, 0.05) is 12.5 Å². The van der Waals surface area contributed by atoms with Crippen LogP contribution in [0.1, 0.15) is 43.7 Å². The average molecular weight is 445 g/mol. The molecule has 0 saturated heterocycles. The maximum absolute atomic E-state index is 14.4. The number of primary amides is 1. The second-order valence-corrected chi connectivity index (χ2v) is 8.28. The molecule has 0 aliphatic carbocycles. The van der Waals surface area contributed by atoms with Gasteiger partial charge in [-0.2, -0.15) is 0 Å². The Kier molecular flexibility index (Phi) is 9.65. The molecule has 2 rings (SSSR count). The summed E-state index contributed by atoms with van der Waals surface area (Å²) in [4.78, 5) is 24.2. The van der Waals surface area contributed by atoms with E-state index in [4.69, 9.17) is 10.5 Å². The number of alkyl halides is 1. The quantitative estimate of drug-likeness (QED) is 0.441. The van der Waals surface area contributed by atoms with Crippen molar-refractivity contribution in [3.63, 3.8) is 0 Å². The fraction of sp³-hybridized carbons (Fsp3) is 0.440. The molecule has 7 heteroatoms. The minimum absolute atomic E-state index is 0.0995. The first-order valence-corrected chi connectivity index (χ1v) is 10.8. The molecule has 2 aromatic carbocycles. The molecule has 6 nitrogen and oxygen atoms in total. The Morgan fingerprint density at radius 1 is 1.12 bits per heavy atom. The molecule has 1 unspecified atom stereocenters. The second-order valence-electron chi connectivity index (χ2n) is 8.28. The molecule has 32 heavy (non-hydrogen) atoms. The fourth-order valence-electron chi connectivity index (χ4n) is 3.46. The number of hydrogen-bond acceptors (Lipinski definition) is 4. The van der Waals surface area contributed by atoms with Crippen molar-refractivity contribution < 1.29 is 23.8 Å². The van der Waals surface area contributed by atoms with Crippen molar-refractivity contribution >= 4 is 11.8 Å². The van der Waals surface area contributed by atoms with Crippen LogP contribution in [0.25, 0.3) is 0 Å². The fourth-order valence-corrected chi connectivity index (χ4v) is 3.46. The van der Waals surface area contributed by atoms with Crippen LogP contribution in [0.4, 0.5) is 4.39 Å². The summed E-state index contributed by atoms with van der Waals surface area (Å²) < 4.78 is 19.6. The van der Waals surface area contributed by atoms with E-state index in [0.717, 1.165) is 18.1 Å². The highest BCUT2D eigenvalue weighted by atomic mass is 19.1. The number of aliphatic hydroxyl groups is 1. The van der Waals surface area contributed by atoms with E-state index in [2.05, 4.69) is 5.32 Å². The van der Waals surface area contributed by atoms with Crippen LogP contribution in [0.15, 0.2) is 54.6 Å². The number of hydrogen-bond donors (Lipinski definition) is 3. The molecule has 0 heterocycles. The minimum Gasteiger partial charge on any atom is -0.497 e. The summed E-state index contributed by atoms with van der Waals surface area (Å²) in [7, 11) is 1.57. The number of ether oxygens (including phenoxy) is 1. The van der Waals surface area contributed by atoms with Gasteiger partial charge in [-0.1, -0.05) is 42.5 Å². The Bertz CT molecular complexity index is 873. The van der Waals surface area contributed by atoms with Crippen LogP contribution in [-0.2, 0) is 22.6 Å². The van der Waals surface area contributed by atoms with Crippen LogP contribution in [0.5, 0.6) is 5.75 Å². The van der Waals surface area contributed by atoms with Gasteiger partial charge in [0.15, 0.2) is 5.67 Å². The lowest BCUT2D eigenvalue weighted by molar-refractivity contribution is -0.131. The SMILES string of the molecule is COc1cccc(CNC(=O)[C@H](CCC(C)(F)C(N)=O)C[C@@H](O)CCc2ccccc2)c1. The zero-order valence-corrected chi connectivity index (χ0v) is 18.7. The molecule has 0 bridgehead atoms. The normalized spacial score (nSPS) is 14.8. The van der Waals surface area contributed by atoms with E-state index < -0.39 is 23.6 Å². The smallest absolute Gasteiger partial charge is 0.254 e. The summed E-state index contributed by atoms with van der Waals surface area (Å²) in [6.07, 6.45) is 0.496. The number of aryl methyl sites for hydroxylation is 1. The summed E-state index contributed by atoms with van der Waals surface area (Å²) >= 11 is 0. The molecule has 0 aliphatic rings. The molecule has 0 fully saturated rings. The Morgan fingerprint density at radius 2 is 1.81 bits per heavy atom. The zero-order chi connectivity index (χ0) is 23.6. The maximum Gasteiger partial charge on any atom is 0.254 e. The van der Waals surface area contributed by atoms with E-state index in [1.807, 2.05) is 54.6 Å². The highest BCUT2D eigenvalue weighted by Gasteiger charge is 2.33. The van der Waals surface area contributed by atoms with Gasteiger partial charge >= 0.3 is 0 Å². The van der Waals surface area contributed by atoms with E-state index in [-0.39, 0.29) is 31.7 Å². The Balaban J connectivity index is 1.99. The number of methoxy groups -OCH3 is 1. The van der Waals surface area contributed by atoms with E-state index in [0.29, 0.717) is 18.6 Å². The van der Waals surface area contributed by atoms with Crippen LogP contribution in [0.3, 0.4) is 0 Å². The first-order valence-electron chi connectivity index (χ1n) is 10.8. The summed E-state index contributed by atoms with van der Waals surface area (Å²) in [5, 5.41) is 13.4. The van der Waals surface area contributed by atoms with Gasteiger partial charge in [-0.15, -0.1) is 0 Å². The highest BCUT2D eigenvalue weighted by molar-refractivity contribution is 5.83. The number of carbonyl (C=O) groups excluding carboxylic acids is 2. The topological polar surface area (TPSA) is 102 Å². The summed E-state index contributed by atoms with van der Waals surface area (Å²) in [5.74, 6) is -1.33. The van der Waals surface area contributed by atoms with Gasteiger partial charge in [0.2, 0.25) is 5.91 Å². The number of amides is 2. The Hall–Kier alpha value is -2.93. The third-order valence-electron chi connectivity index (χ3n) is 5.61. The summed E-state index contributed by atoms with van der Waals surface area (Å²) in [5.41, 5.74) is 4.87. The monoisotopic (exact) mass is 444 g/mol. The van der Waals surface area contributed by atoms with Crippen molar-refractivity contribution in [3.05, 3.63) is 65.7 Å². The molecule has 0 spiro atoms. The van der Waals surface area contributed by atoms with Crippen molar-refractivity contribution in [2.24, 2.45) is 11.7 Å². The lowest BCUT2D eigenvalue weighted by atomic mass is 9.88. The molecule has 4 N–H and O–H groups in total. The van der Waals surface area contributed by atoms with Crippen LogP contribution in [0, 0.1) is 5.92 Å². The molecule has 3 atom stereocenters. The van der Waals surface area contributed by atoms with Crippen LogP contribution >= 0.6 is 0 Å². The molecule has 2 amide bonds. The van der Waals surface area contributed by atoms with Crippen molar-refractivity contribution in [2.45, 2.75) is 57.3 Å². The number of rotatable bonds is 13. The molecule has 0 aliphatic heterocycles. The van der Waals surface area contributed by atoms with Crippen molar-refractivity contribution in [2.75, 3.05) is 7.11 Å². The van der Waals surface area contributed by atoms with Crippen LogP contribution in [-0.4, -0.2) is 35.8 Å².